The van der Waals surface area contributed by atoms with Crippen LogP contribution in [0.4, 0.5) is 5.69 Å². The normalized spacial score (nSPS) is 11.8. The van der Waals surface area contributed by atoms with E-state index in [4.69, 9.17) is 11.6 Å². The Balaban J connectivity index is 1.43. The van der Waals surface area contributed by atoms with Gasteiger partial charge in [-0.1, -0.05) is 66.2 Å². The minimum Gasteiger partial charge on any atom is -0.324 e. The Bertz CT molecular complexity index is 1150. The summed E-state index contributed by atoms with van der Waals surface area (Å²) >= 11 is 5.97. The molecular weight excluding hydrogens is 420 g/mol. The second-order valence-corrected chi connectivity index (χ2v) is 8.08. The van der Waals surface area contributed by atoms with Crippen molar-refractivity contribution in [2.75, 3.05) is 11.9 Å². The first-order chi connectivity index (χ1) is 15.6. The number of rotatable bonds is 8. The Kier molecular flexibility index (Phi) is 7.00. The van der Waals surface area contributed by atoms with Crippen molar-refractivity contribution in [2.24, 2.45) is 7.05 Å². The average molecular weight is 445 g/mol. The van der Waals surface area contributed by atoms with Gasteiger partial charge in [0.2, 0.25) is 5.91 Å². The Labute approximate surface area is 193 Å². The van der Waals surface area contributed by atoms with E-state index in [9.17, 15) is 4.79 Å². The molecule has 0 bridgehead atoms. The van der Waals surface area contributed by atoms with E-state index in [1.54, 1.807) is 4.68 Å². The van der Waals surface area contributed by atoms with Crippen LogP contribution >= 0.6 is 11.6 Å². The molecule has 1 unspecified atom stereocenters. The number of benzene rings is 3. The molecule has 0 spiro atoms. The third-order valence-electron chi connectivity index (χ3n) is 5.26. The van der Waals surface area contributed by atoms with E-state index in [1.165, 1.54) is 5.56 Å². The minimum absolute atomic E-state index is 0.0959. The number of amides is 1. The predicted octanol–water partition coefficient (Wildman–Crippen LogP) is 5.25. The van der Waals surface area contributed by atoms with Gasteiger partial charge in [0.05, 0.1) is 6.20 Å². The van der Waals surface area contributed by atoms with Gasteiger partial charge in [0, 0.05) is 36.1 Å². The van der Waals surface area contributed by atoms with Crippen molar-refractivity contribution in [1.29, 1.82) is 0 Å². The zero-order chi connectivity index (χ0) is 22.3. The molecular formula is C26H25ClN4O. The minimum atomic E-state index is -0.457. The molecule has 0 aliphatic carbocycles. The van der Waals surface area contributed by atoms with Gasteiger partial charge < -0.3 is 10.6 Å². The van der Waals surface area contributed by atoms with E-state index in [-0.39, 0.29) is 5.91 Å². The van der Waals surface area contributed by atoms with Gasteiger partial charge in [-0.3, -0.25) is 9.48 Å². The van der Waals surface area contributed by atoms with Crippen LogP contribution in [0.25, 0.3) is 11.1 Å². The Morgan fingerprint density at radius 3 is 2.34 bits per heavy atom. The highest BCUT2D eigenvalue weighted by Gasteiger charge is 2.20. The summed E-state index contributed by atoms with van der Waals surface area (Å²) in [6, 6.07) is 24.9. The fourth-order valence-corrected chi connectivity index (χ4v) is 3.68. The summed E-state index contributed by atoms with van der Waals surface area (Å²) in [6.45, 7) is 0.661. The van der Waals surface area contributed by atoms with Crippen molar-refractivity contribution in [2.45, 2.75) is 12.5 Å². The van der Waals surface area contributed by atoms with Gasteiger partial charge in [-0.15, -0.1) is 0 Å². The number of carbonyl (C=O) groups excluding carboxylic acids is 1. The molecule has 0 aliphatic heterocycles. The molecule has 2 N–H and O–H groups in total. The van der Waals surface area contributed by atoms with Crippen molar-refractivity contribution in [3.63, 3.8) is 0 Å². The Morgan fingerprint density at radius 1 is 0.969 bits per heavy atom. The highest BCUT2D eigenvalue weighted by Crippen LogP contribution is 2.22. The van der Waals surface area contributed by atoms with E-state index in [1.807, 2.05) is 98.3 Å². The second-order valence-electron chi connectivity index (χ2n) is 7.64. The average Bonchev–Trinajstić information content (AvgIpc) is 3.25. The number of aromatic nitrogens is 2. The number of nitrogens with zero attached hydrogens (tertiary/aromatic N) is 2. The molecule has 0 radical (unpaired) electrons. The molecule has 0 saturated carbocycles. The summed E-state index contributed by atoms with van der Waals surface area (Å²) in [6.07, 6.45) is 4.58. The lowest BCUT2D eigenvalue weighted by molar-refractivity contribution is -0.118. The molecule has 6 heteroatoms. The SMILES string of the molecule is Cn1cc(-c2ccc(NC(=O)C(NCCc3ccc(Cl)cc3)c3ccccc3)cc2)cn1. The molecule has 1 heterocycles. The van der Waals surface area contributed by atoms with Gasteiger partial charge in [-0.05, 0) is 47.4 Å². The van der Waals surface area contributed by atoms with Crippen molar-refractivity contribution in [3.05, 3.63) is 107 Å². The molecule has 4 aromatic rings. The maximum absolute atomic E-state index is 13.2. The summed E-state index contributed by atoms with van der Waals surface area (Å²) in [7, 11) is 1.89. The fourth-order valence-electron chi connectivity index (χ4n) is 3.55. The van der Waals surface area contributed by atoms with Crippen molar-refractivity contribution in [3.8, 4) is 11.1 Å². The number of hydrogen-bond donors (Lipinski definition) is 2. The third kappa shape index (κ3) is 5.63. The number of hydrogen-bond acceptors (Lipinski definition) is 3. The lowest BCUT2D eigenvalue weighted by Crippen LogP contribution is -2.34. The van der Waals surface area contributed by atoms with Crippen LogP contribution in [0.3, 0.4) is 0 Å². The number of anilines is 1. The van der Waals surface area contributed by atoms with Crippen LogP contribution in [-0.4, -0.2) is 22.2 Å². The first-order valence-corrected chi connectivity index (χ1v) is 10.9. The fraction of sp³-hybridized carbons (Fsp3) is 0.154. The third-order valence-corrected chi connectivity index (χ3v) is 5.51. The van der Waals surface area contributed by atoms with Gasteiger partial charge in [-0.2, -0.15) is 5.10 Å². The highest BCUT2D eigenvalue weighted by molar-refractivity contribution is 6.30. The second kappa shape index (κ2) is 10.3. The molecule has 1 amide bonds. The molecule has 5 nitrogen and oxygen atoms in total. The molecule has 0 aliphatic rings. The lowest BCUT2D eigenvalue weighted by Gasteiger charge is -2.19. The largest absolute Gasteiger partial charge is 0.324 e. The van der Waals surface area contributed by atoms with Crippen LogP contribution in [0.5, 0.6) is 0 Å². The zero-order valence-corrected chi connectivity index (χ0v) is 18.6. The molecule has 32 heavy (non-hydrogen) atoms. The van der Waals surface area contributed by atoms with Crippen LogP contribution in [0.1, 0.15) is 17.2 Å². The predicted molar refractivity (Wildman–Crippen MR) is 130 cm³/mol. The van der Waals surface area contributed by atoms with Crippen molar-refractivity contribution >= 4 is 23.2 Å². The molecule has 4 rings (SSSR count). The first-order valence-electron chi connectivity index (χ1n) is 10.5. The molecule has 162 valence electrons. The summed E-state index contributed by atoms with van der Waals surface area (Å²) < 4.78 is 1.77. The smallest absolute Gasteiger partial charge is 0.246 e. The van der Waals surface area contributed by atoms with E-state index < -0.39 is 6.04 Å². The summed E-state index contributed by atoms with van der Waals surface area (Å²) in [5, 5.41) is 11.4. The van der Waals surface area contributed by atoms with Crippen LogP contribution in [0.15, 0.2) is 91.3 Å². The van der Waals surface area contributed by atoms with Gasteiger partial charge in [0.15, 0.2) is 0 Å². The van der Waals surface area contributed by atoms with Crippen LogP contribution in [-0.2, 0) is 18.3 Å². The van der Waals surface area contributed by atoms with E-state index >= 15 is 0 Å². The number of halogens is 1. The molecule has 3 aromatic carbocycles. The molecule has 1 atom stereocenters. The Morgan fingerprint density at radius 2 is 1.69 bits per heavy atom. The number of nitrogens with one attached hydrogen (secondary N) is 2. The topological polar surface area (TPSA) is 59.0 Å². The monoisotopic (exact) mass is 444 g/mol. The lowest BCUT2D eigenvalue weighted by atomic mass is 10.0. The molecule has 0 saturated heterocycles. The highest BCUT2D eigenvalue weighted by atomic mass is 35.5. The van der Waals surface area contributed by atoms with Crippen molar-refractivity contribution < 1.29 is 4.79 Å². The van der Waals surface area contributed by atoms with Gasteiger partial charge in [0.25, 0.3) is 0 Å². The Hall–Kier alpha value is -3.41. The maximum Gasteiger partial charge on any atom is 0.246 e. The van der Waals surface area contributed by atoms with Gasteiger partial charge in [-0.25, -0.2) is 0 Å². The van der Waals surface area contributed by atoms with Gasteiger partial charge >= 0.3 is 0 Å². The van der Waals surface area contributed by atoms with Gasteiger partial charge in [0.1, 0.15) is 6.04 Å². The van der Waals surface area contributed by atoms with Crippen LogP contribution in [0, 0.1) is 0 Å². The maximum atomic E-state index is 13.2. The van der Waals surface area contributed by atoms with E-state index in [0.717, 1.165) is 33.8 Å². The standard InChI is InChI=1S/C26H25ClN4O/c1-31-18-22(17-29-31)20-9-13-24(14-10-20)30-26(32)25(21-5-3-2-4-6-21)28-16-15-19-7-11-23(27)12-8-19/h2-14,17-18,25,28H,15-16H2,1H3,(H,30,32). The molecule has 1 aromatic heterocycles. The van der Waals surface area contributed by atoms with Crippen LogP contribution < -0.4 is 10.6 Å². The summed E-state index contributed by atoms with van der Waals surface area (Å²) in [5.74, 6) is -0.0959. The number of aryl methyl sites for hydroxylation is 1. The zero-order valence-electron chi connectivity index (χ0n) is 17.8. The number of carbonyl (C=O) groups is 1. The quantitative estimate of drug-likeness (QED) is 0.390. The molecule has 0 fully saturated rings. The summed E-state index contributed by atoms with van der Waals surface area (Å²) in [5.41, 5.74) is 4.93. The van der Waals surface area contributed by atoms with E-state index in [2.05, 4.69) is 15.7 Å². The summed E-state index contributed by atoms with van der Waals surface area (Å²) in [4.78, 5) is 13.2. The first kappa shape index (κ1) is 21.8. The van der Waals surface area contributed by atoms with Crippen LogP contribution in [0.2, 0.25) is 5.02 Å². The van der Waals surface area contributed by atoms with E-state index in [0.29, 0.717) is 6.54 Å². The van der Waals surface area contributed by atoms with Crippen molar-refractivity contribution in [1.82, 2.24) is 15.1 Å².